The average Bonchev–Trinajstić information content (AvgIpc) is 2.96. The Morgan fingerprint density at radius 2 is 0.895 bits per heavy atom. The molecule has 196 valence electrons. The van der Waals surface area contributed by atoms with Gasteiger partial charge in [-0.2, -0.15) is 0 Å². The highest BCUT2D eigenvalue weighted by atomic mass is 16.5. The quantitative estimate of drug-likeness (QED) is 0.256. The number of ether oxygens (including phenoxy) is 4. The van der Waals surface area contributed by atoms with Crippen LogP contribution in [-0.2, 0) is 35.9 Å². The second-order valence-electron chi connectivity index (χ2n) is 9.41. The molecule has 0 amide bonds. The van der Waals surface area contributed by atoms with Crippen LogP contribution in [0.4, 0.5) is 0 Å². The molecule has 2 aromatic heterocycles. The fraction of sp³-hybridized carbons (Fsp3) is 0.312. The molecule has 38 heavy (non-hydrogen) atoms. The largest absolute Gasteiger partial charge is 0.494 e. The molecule has 0 N–H and O–H groups in total. The Labute approximate surface area is 224 Å². The number of hydrogen-bond donors (Lipinski definition) is 0. The van der Waals surface area contributed by atoms with Gasteiger partial charge in [-0.1, -0.05) is 36.4 Å². The topological polar surface area (TPSA) is 62.7 Å². The third-order valence-corrected chi connectivity index (χ3v) is 6.34. The Morgan fingerprint density at radius 3 is 1.34 bits per heavy atom. The number of benzene rings is 2. The number of nitrogens with zero attached hydrogens (tertiary/aromatic N) is 2. The smallest absolute Gasteiger partial charge is 0.119 e. The van der Waals surface area contributed by atoms with Gasteiger partial charge in [-0.3, -0.25) is 0 Å². The number of rotatable bonds is 0. The summed E-state index contributed by atoms with van der Waals surface area (Å²) in [4.78, 5) is 9.53. The highest BCUT2D eigenvalue weighted by Gasteiger charge is 2.06. The Morgan fingerprint density at radius 1 is 0.447 bits per heavy atom. The maximum Gasteiger partial charge on any atom is 0.119 e. The van der Waals surface area contributed by atoms with Crippen molar-refractivity contribution in [2.75, 3.05) is 13.2 Å². The molecule has 4 aliphatic heterocycles. The first-order chi connectivity index (χ1) is 18.8. The molecule has 0 saturated heterocycles. The van der Waals surface area contributed by atoms with Crippen LogP contribution in [0.1, 0.15) is 48.2 Å². The van der Waals surface area contributed by atoms with Gasteiger partial charge in [0.15, 0.2) is 0 Å². The molecule has 0 spiro atoms. The number of pyridine rings is 2. The predicted molar refractivity (Wildman–Crippen MR) is 147 cm³/mol. The van der Waals surface area contributed by atoms with Crippen LogP contribution in [0.5, 0.6) is 11.5 Å². The molecule has 8 rings (SSSR count). The Hall–Kier alpha value is -3.74. The lowest BCUT2D eigenvalue weighted by Gasteiger charge is -2.10. The van der Waals surface area contributed by atoms with Crippen molar-refractivity contribution in [2.45, 2.75) is 52.1 Å². The van der Waals surface area contributed by atoms with Crippen LogP contribution >= 0.6 is 0 Å². The Bertz CT molecular complexity index is 1170. The van der Waals surface area contributed by atoms with E-state index in [9.17, 15) is 0 Å². The van der Waals surface area contributed by atoms with E-state index in [0.29, 0.717) is 26.4 Å². The van der Waals surface area contributed by atoms with Gasteiger partial charge in [0.1, 0.15) is 11.5 Å². The van der Waals surface area contributed by atoms with Crippen molar-refractivity contribution in [2.24, 2.45) is 0 Å². The van der Waals surface area contributed by atoms with Crippen molar-refractivity contribution in [3.63, 3.8) is 0 Å². The standard InChI is InChI=1S/C32H34N2O4/c1-2-4-20-38-30-17-13-26(14-18-30)22-36-24-28-8-6-10-32(34-28)31-9-5-7-27(33-31)23-35-21-25-11-15-29(16-12-25)37-19-3-1/h5-18H,1-4,19-24H2. The second-order valence-corrected chi connectivity index (χ2v) is 9.41. The molecule has 0 unspecified atom stereocenters. The van der Waals surface area contributed by atoms with Crippen LogP contribution in [0.15, 0.2) is 84.9 Å². The van der Waals surface area contributed by atoms with Crippen LogP contribution in [-0.4, -0.2) is 23.2 Å². The average molecular weight is 511 g/mol. The summed E-state index contributed by atoms with van der Waals surface area (Å²) < 4.78 is 23.7. The Balaban J connectivity index is 1.26. The summed E-state index contributed by atoms with van der Waals surface area (Å²) in [6, 6.07) is 28.1. The van der Waals surface area contributed by atoms with Gasteiger partial charge < -0.3 is 18.9 Å². The molecule has 8 bridgehead atoms. The van der Waals surface area contributed by atoms with E-state index in [1.54, 1.807) is 0 Å². The van der Waals surface area contributed by atoms with E-state index in [1.165, 1.54) is 0 Å². The summed E-state index contributed by atoms with van der Waals surface area (Å²) in [7, 11) is 0. The molecule has 0 saturated carbocycles. The minimum atomic E-state index is 0.429. The molecule has 6 heterocycles. The van der Waals surface area contributed by atoms with Gasteiger partial charge in [0.2, 0.25) is 0 Å². The Kier molecular flexibility index (Phi) is 9.34. The third-order valence-electron chi connectivity index (χ3n) is 6.34. The van der Waals surface area contributed by atoms with E-state index in [2.05, 4.69) is 24.3 Å². The predicted octanol–water partition coefficient (Wildman–Crippen LogP) is 6.91. The summed E-state index contributed by atoms with van der Waals surface area (Å²) in [5.74, 6) is 1.78. The van der Waals surface area contributed by atoms with Crippen molar-refractivity contribution in [1.29, 1.82) is 0 Å². The van der Waals surface area contributed by atoms with Gasteiger partial charge in [-0.15, -0.1) is 0 Å². The van der Waals surface area contributed by atoms with Crippen molar-refractivity contribution in [3.8, 4) is 22.9 Å². The number of hydrogen-bond acceptors (Lipinski definition) is 6. The summed E-state index contributed by atoms with van der Waals surface area (Å²) in [5.41, 5.74) is 5.57. The SMILES string of the molecule is c1cc2nc(c1)-c1cccc(n1)COCc1ccc(cc1)OCCCCCCOc1ccc(cc1)COC2. The molecule has 2 aromatic carbocycles. The first-order valence-corrected chi connectivity index (χ1v) is 13.3. The fourth-order valence-corrected chi connectivity index (χ4v) is 4.25. The van der Waals surface area contributed by atoms with Crippen molar-refractivity contribution >= 4 is 0 Å². The molecule has 0 aliphatic carbocycles. The summed E-state index contributed by atoms with van der Waals surface area (Å²) in [6.07, 6.45) is 4.31. The first-order valence-electron chi connectivity index (χ1n) is 13.3. The fourth-order valence-electron chi connectivity index (χ4n) is 4.25. The molecule has 0 fully saturated rings. The lowest BCUT2D eigenvalue weighted by molar-refractivity contribution is 0.104. The minimum absolute atomic E-state index is 0.429. The van der Waals surface area contributed by atoms with Crippen molar-refractivity contribution in [3.05, 3.63) is 107 Å². The van der Waals surface area contributed by atoms with Crippen LogP contribution in [0.2, 0.25) is 0 Å². The molecular formula is C32H34N2O4. The normalized spacial score (nSPS) is 15.6. The van der Waals surface area contributed by atoms with Crippen molar-refractivity contribution < 1.29 is 18.9 Å². The van der Waals surface area contributed by atoms with E-state index in [0.717, 1.165) is 84.3 Å². The van der Waals surface area contributed by atoms with Crippen LogP contribution in [0.25, 0.3) is 11.4 Å². The maximum atomic E-state index is 5.94. The van der Waals surface area contributed by atoms with Crippen molar-refractivity contribution in [1.82, 2.24) is 9.97 Å². The molecule has 4 aliphatic rings. The zero-order chi connectivity index (χ0) is 25.8. The van der Waals surface area contributed by atoms with Gasteiger partial charge in [0, 0.05) is 0 Å². The maximum absolute atomic E-state index is 5.94. The molecule has 0 radical (unpaired) electrons. The van der Waals surface area contributed by atoms with E-state index in [-0.39, 0.29) is 0 Å². The minimum Gasteiger partial charge on any atom is -0.494 e. The summed E-state index contributed by atoms with van der Waals surface area (Å²) in [5, 5.41) is 0. The van der Waals surface area contributed by atoms with E-state index in [1.807, 2.05) is 60.7 Å². The summed E-state index contributed by atoms with van der Waals surface area (Å²) >= 11 is 0. The van der Waals surface area contributed by atoms with E-state index in [4.69, 9.17) is 28.9 Å². The molecule has 0 atom stereocenters. The van der Waals surface area contributed by atoms with Gasteiger partial charge in [0.05, 0.1) is 62.4 Å². The first kappa shape index (κ1) is 25.9. The number of aromatic nitrogens is 2. The van der Waals surface area contributed by atoms with Gasteiger partial charge >= 0.3 is 0 Å². The van der Waals surface area contributed by atoms with E-state index >= 15 is 0 Å². The zero-order valence-electron chi connectivity index (χ0n) is 21.7. The second kappa shape index (κ2) is 13.7. The molecule has 6 nitrogen and oxygen atoms in total. The van der Waals surface area contributed by atoms with E-state index < -0.39 is 0 Å². The highest BCUT2D eigenvalue weighted by molar-refractivity contribution is 5.54. The summed E-state index contributed by atoms with van der Waals surface area (Å²) in [6.45, 7) is 3.33. The van der Waals surface area contributed by atoms with Crippen LogP contribution in [0, 0.1) is 0 Å². The lowest BCUT2D eigenvalue weighted by atomic mass is 10.2. The van der Waals surface area contributed by atoms with Crippen LogP contribution in [0.3, 0.4) is 0 Å². The van der Waals surface area contributed by atoms with Gasteiger partial charge in [0.25, 0.3) is 0 Å². The van der Waals surface area contributed by atoms with Gasteiger partial charge in [-0.25, -0.2) is 9.97 Å². The lowest BCUT2D eigenvalue weighted by Crippen LogP contribution is -2.01. The third kappa shape index (κ3) is 7.88. The monoisotopic (exact) mass is 510 g/mol. The van der Waals surface area contributed by atoms with Crippen LogP contribution < -0.4 is 9.47 Å². The zero-order valence-corrected chi connectivity index (χ0v) is 21.7. The molecule has 6 heteroatoms. The van der Waals surface area contributed by atoms with Gasteiger partial charge in [-0.05, 0) is 85.3 Å². The highest BCUT2D eigenvalue weighted by Crippen LogP contribution is 2.19. The molecule has 4 aromatic rings. The molecular weight excluding hydrogens is 476 g/mol.